The quantitative estimate of drug-likeness (QED) is 0.369. The van der Waals surface area contributed by atoms with Gasteiger partial charge in [-0.25, -0.2) is 0 Å². The molecule has 0 unspecified atom stereocenters. The standard InChI is InChI=1S/C10H15NS/c1-5-7-8-10(6-2)12-9(3)11-4/h5-8H,2H2,1,3-4H3/b7-5-,10-8+,11-9?. The summed E-state index contributed by atoms with van der Waals surface area (Å²) >= 11 is 1.63. The number of rotatable bonds is 3. The van der Waals surface area contributed by atoms with Crippen LogP contribution in [0.2, 0.25) is 0 Å². The van der Waals surface area contributed by atoms with Crippen molar-refractivity contribution >= 4 is 16.8 Å². The first kappa shape index (κ1) is 11.2. The number of nitrogens with zero attached hydrogens (tertiary/aromatic N) is 1. The summed E-state index contributed by atoms with van der Waals surface area (Å²) in [5, 5.41) is 1.05. The predicted molar refractivity (Wildman–Crippen MR) is 59.7 cm³/mol. The third-order valence-corrected chi connectivity index (χ3v) is 2.25. The van der Waals surface area contributed by atoms with Gasteiger partial charge in [0, 0.05) is 12.0 Å². The van der Waals surface area contributed by atoms with Crippen molar-refractivity contribution in [3.05, 3.63) is 35.8 Å². The zero-order valence-electron chi connectivity index (χ0n) is 7.87. The minimum absolute atomic E-state index is 1.05. The second kappa shape index (κ2) is 6.92. The highest BCUT2D eigenvalue weighted by atomic mass is 32.2. The first-order valence-electron chi connectivity index (χ1n) is 3.81. The van der Waals surface area contributed by atoms with Gasteiger partial charge in [-0.2, -0.15) is 0 Å². The van der Waals surface area contributed by atoms with Crippen molar-refractivity contribution in [2.75, 3.05) is 7.05 Å². The average molecular weight is 181 g/mol. The van der Waals surface area contributed by atoms with Gasteiger partial charge in [-0.1, -0.05) is 36.6 Å². The van der Waals surface area contributed by atoms with E-state index in [4.69, 9.17) is 0 Å². The van der Waals surface area contributed by atoms with Crippen molar-refractivity contribution in [1.29, 1.82) is 0 Å². The van der Waals surface area contributed by atoms with Crippen molar-refractivity contribution in [3.8, 4) is 0 Å². The second-order valence-electron chi connectivity index (χ2n) is 2.14. The third-order valence-electron chi connectivity index (χ3n) is 1.23. The van der Waals surface area contributed by atoms with Crippen LogP contribution < -0.4 is 0 Å². The van der Waals surface area contributed by atoms with Gasteiger partial charge in [0.25, 0.3) is 0 Å². The Balaban J connectivity index is 4.27. The molecule has 0 heterocycles. The molecule has 0 fully saturated rings. The SMILES string of the molecule is C=C/C(=C\C=C/C)SC(C)=NC. The lowest BCUT2D eigenvalue weighted by atomic mass is 10.4. The number of thioether (sulfide) groups is 1. The van der Waals surface area contributed by atoms with Crippen molar-refractivity contribution in [2.45, 2.75) is 13.8 Å². The van der Waals surface area contributed by atoms with Gasteiger partial charge in [0.15, 0.2) is 0 Å². The smallest absolute Gasteiger partial charge is 0.0689 e. The summed E-state index contributed by atoms with van der Waals surface area (Å²) in [4.78, 5) is 5.17. The van der Waals surface area contributed by atoms with Gasteiger partial charge < -0.3 is 0 Å². The molecule has 0 atom stereocenters. The third kappa shape index (κ3) is 4.97. The Hall–Kier alpha value is -0.760. The second-order valence-corrected chi connectivity index (χ2v) is 3.41. The molecular weight excluding hydrogens is 166 g/mol. The number of hydrogen-bond acceptors (Lipinski definition) is 2. The molecule has 2 heteroatoms. The van der Waals surface area contributed by atoms with Crippen LogP contribution in [0.25, 0.3) is 0 Å². The summed E-state index contributed by atoms with van der Waals surface area (Å²) in [6.07, 6.45) is 7.83. The van der Waals surface area contributed by atoms with Crippen molar-refractivity contribution in [1.82, 2.24) is 0 Å². The molecule has 0 aromatic heterocycles. The van der Waals surface area contributed by atoms with Crippen LogP contribution in [0.4, 0.5) is 0 Å². The summed E-state index contributed by atoms with van der Waals surface area (Å²) in [5.41, 5.74) is 0. The molecule has 0 aliphatic carbocycles. The Morgan fingerprint density at radius 1 is 1.50 bits per heavy atom. The zero-order valence-corrected chi connectivity index (χ0v) is 8.69. The molecule has 0 saturated carbocycles. The highest BCUT2D eigenvalue weighted by molar-refractivity contribution is 8.17. The van der Waals surface area contributed by atoms with E-state index >= 15 is 0 Å². The fourth-order valence-electron chi connectivity index (χ4n) is 0.551. The van der Waals surface area contributed by atoms with Crippen molar-refractivity contribution in [3.63, 3.8) is 0 Å². The van der Waals surface area contributed by atoms with Gasteiger partial charge >= 0.3 is 0 Å². The fourth-order valence-corrected chi connectivity index (χ4v) is 1.21. The Morgan fingerprint density at radius 2 is 2.17 bits per heavy atom. The lowest BCUT2D eigenvalue weighted by Crippen LogP contribution is -1.82. The minimum Gasteiger partial charge on any atom is -0.286 e. The van der Waals surface area contributed by atoms with Crippen LogP contribution in [-0.4, -0.2) is 12.1 Å². The maximum atomic E-state index is 4.05. The molecule has 0 aromatic rings. The molecule has 0 saturated heterocycles. The Bertz CT molecular complexity index is 224. The zero-order chi connectivity index (χ0) is 9.40. The molecular formula is C10H15NS. The van der Waals surface area contributed by atoms with Crippen LogP contribution in [0, 0.1) is 0 Å². The van der Waals surface area contributed by atoms with Gasteiger partial charge in [0.1, 0.15) is 0 Å². The van der Waals surface area contributed by atoms with E-state index < -0.39 is 0 Å². The van der Waals surface area contributed by atoms with E-state index in [1.165, 1.54) is 0 Å². The van der Waals surface area contributed by atoms with Gasteiger partial charge in [0.2, 0.25) is 0 Å². The van der Waals surface area contributed by atoms with Gasteiger partial charge in [0.05, 0.1) is 5.04 Å². The fraction of sp³-hybridized carbons (Fsp3) is 0.300. The molecule has 12 heavy (non-hydrogen) atoms. The molecule has 0 N–H and O–H groups in total. The average Bonchev–Trinajstić information content (AvgIpc) is 2.11. The number of allylic oxidation sites excluding steroid dienone is 4. The lowest BCUT2D eigenvalue weighted by Gasteiger charge is -1.98. The van der Waals surface area contributed by atoms with Crippen molar-refractivity contribution in [2.24, 2.45) is 4.99 Å². The van der Waals surface area contributed by atoms with Crippen LogP contribution >= 0.6 is 11.8 Å². The molecule has 0 rings (SSSR count). The number of hydrogen-bond donors (Lipinski definition) is 0. The molecule has 0 amide bonds. The summed E-state index contributed by atoms with van der Waals surface area (Å²) < 4.78 is 0. The van der Waals surface area contributed by atoms with E-state index in [1.807, 2.05) is 38.2 Å². The topological polar surface area (TPSA) is 12.4 Å². The molecule has 0 aromatic carbocycles. The molecule has 66 valence electrons. The first-order valence-corrected chi connectivity index (χ1v) is 4.63. The van der Waals surface area contributed by atoms with Crippen LogP contribution in [0.1, 0.15) is 13.8 Å². The normalized spacial score (nSPS) is 13.9. The predicted octanol–water partition coefficient (Wildman–Crippen LogP) is 3.41. The first-order chi connectivity index (χ1) is 5.74. The van der Waals surface area contributed by atoms with E-state index in [0.29, 0.717) is 0 Å². The van der Waals surface area contributed by atoms with Gasteiger partial charge in [-0.15, -0.1) is 0 Å². The molecule has 0 radical (unpaired) electrons. The molecule has 0 aliphatic heterocycles. The highest BCUT2D eigenvalue weighted by Gasteiger charge is 1.93. The Kier molecular flexibility index (Phi) is 6.48. The highest BCUT2D eigenvalue weighted by Crippen LogP contribution is 2.18. The summed E-state index contributed by atoms with van der Waals surface area (Å²) in [6, 6.07) is 0. The lowest BCUT2D eigenvalue weighted by molar-refractivity contribution is 1.45. The molecule has 0 bridgehead atoms. The van der Waals surface area contributed by atoms with Crippen LogP contribution in [0.5, 0.6) is 0 Å². The number of aliphatic imine (C=N–C) groups is 1. The summed E-state index contributed by atoms with van der Waals surface area (Å²) in [6.45, 7) is 7.70. The monoisotopic (exact) mass is 181 g/mol. The van der Waals surface area contributed by atoms with E-state index in [1.54, 1.807) is 18.8 Å². The Morgan fingerprint density at radius 3 is 2.58 bits per heavy atom. The van der Waals surface area contributed by atoms with Crippen LogP contribution in [0.15, 0.2) is 40.8 Å². The van der Waals surface area contributed by atoms with E-state index in [9.17, 15) is 0 Å². The molecule has 0 spiro atoms. The largest absolute Gasteiger partial charge is 0.286 e. The van der Waals surface area contributed by atoms with E-state index in [-0.39, 0.29) is 0 Å². The minimum atomic E-state index is 1.05. The summed E-state index contributed by atoms with van der Waals surface area (Å²) in [7, 11) is 1.79. The molecule has 1 nitrogen and oxygen atoms in total. The Labute approximate surface area is 79.0 Å². The van der Waals surface area contributed by atoms with E-state index in [0.717, 1.165) is 9.95 Å². The van der Waals surface area contributed by atoms with Gasteiger partial charge in [-0.3, -0.25) is 4.99 Å². The summed E-state index contributed by atoms with van der Waals surface area (Å²) in [5.74, 6) is 0. The molecule has 0 aliphatic rings. The van der Waals surface area contributed by atoms with Gasteiger partial charge in [-0.05, 0) is 19.9 Å². The van der Waals surface area contributed by atoms with Crippen molar-refractivity contribution < 1.29 is 0 Å². The maximum Gasteiger partial charge on any atom is 0.0689 e. The maximum absolute atomic E-state index is 4.05. The van der Waals surface area contributed by atoms with Crippen LogP contribution in [-0.2, 0) is 0 Å². The van der Waals surface area contributed by atoms with E-state index in [2.05, 4.69) is 11.6 Å². The van der Waals surface area contributed by atoms with Crippen LogP contribution in [0.3, 0.4) is 0 Å².